The van der Waals surface area contributed by atoms with Crippen molar-refractivity contribution >= 4 is 33.2 Å². The molecule has 0 unspecified atom stereocenters. The van der Waals surface area contributed by atoms with Crippen LogP contribution in [0.1, 0.15) is 47.3 Å². The number of ether oxygens (including phenoxy) is 1. The molecule has 0 radical (unpaired) electrons. The van der Waals surface area contributed by atoms with Crippen molar-refractivity contribution in [3.63, 3.8) is 0 Å². The van der Waals surface area contributed by atoms with Gasteiger partial charge in [0.1, 0.15) is 4.88 Å². The van der Waals surface area contributed by atoms with E-state index in [0.717, 1.165) is 46.8 Å². The second-order valence-corrected chi connectivity index (χ2v) is 8.57. The fourth-order valence-electron chi connectivity index (χ4n) is 3.98. The van der Waals surface area contributed by atoms with Gasteiger partial charge in [0, 0.05) is 39.5 Å². The fraction of sp³-hybridized carbons (Fsp3) is 0.524. The molecular weight excluding hydrogens is 372 g/mol. The highest BCUT2D eigenvalue weighted by Crippen LogP contribution is 2.28. The third-order valence-electron chi connectivity index (χ3n) is 5.63. The van der Waals surface area contributed by atoms with Gasteiger partial charge in [-0.15, -0.1) is 0 Å². The highest BCUT2D eigenvalue weighted by Gasteiger charge is 2.25. The van der Waals surface area contributed by atoms with E-state index in [1.54, 1.807) is 7.11 Å². The van der Waals surface area contributed by atoms with Crippen LogP contribution in [0.3, 0.4) is 0 Å². The first-order valence-electron chi connectivity index (χ1n) is 10.0. The topological polar surface area (TPSA) is 58.9 Å². The number of aromatic nitrogens is 2. The Labute approximate surface area is 169 Å². The summed E-state index contributed by atoms with van der Waals surface area (Å²) >= 11 is 1.48. The van der Waals surface area contributed by atoms with E-state index in [4.69, 9.17) is 9.72 Å². The first kappa shape index (κ1) is 19.4. The van der Waals surface area contributed by atoms with Gasteiger partial charge in [0.15, 0.2) is 4.96 Å². The summed E-state index contributed by atoms with van der Waals surface area (Å²) in [6.45, 7) is 2.30. The number of fused-ring (bicyclic) bond motifs is 3. The minimum absolute atomic E-state index is 0.118. The number of hydrogen-bond donors (Lipinski definition) is 1. The van der Waals surface area contributed by atoms with Crippen LogP contribution in [0.5, 0.6) is 0 Å². The highest BCUT2D eigenvalue weighted by molar-refractivity contribution is 7.18. The number of benzene rings is 1. The van der Waals surface area contributed by atoms with Crippen LogP contribution in [0.25, 0.3) is 16.0 Å². The molecule has 1 aliphatic rings. The van der Waals surface area contributed by atoms with Crippen molar-refractivity contribution in [2.24, 2.45) is 0 Å². The minimum Gasteiger partial charge on any atom is -0.383 e. The fourth-order valence-corrected chi connectivity index (χ4v) is 4.96. The number of imidazole rings is 1. The molecule has 3 aromatic rings. The zero-order valence-corrected chi connectivity index (χ0v) is 17.4. The zero-order valence-electron chi connectivity index (χ0n) is 16.6. The number of nitrogens with one attached hydrogen (secondary N) is 1. The summed E-state index contributed by atoms with van der Waals surface area (Å²) in [7, 11) is 3.65. The maximum absolute atomic E-state index is 13.0. The van der Waals surface area contributed by atoms with Gasteiger partial charge >= 0.3 is 0 Å². The molecule has 1 fully saturated rings. The number of methoxy groups -OCH3 is 1. The Kier molecular flexibility index (Phi) is 5.94. The lowest BCUT2D eigenvalue weighted by atomic mass is 9.94. The Hall–Kier alpha value is -1.96. The van der Waals surface area contributed by atoms with Gasteiger partial charge in [0.2, 0.25) is 0 Å². The lowest BCUT2D eigenvalue weighted by molar-refractivity contribution is 0.0701. The van der Waals surface area contributed by atoms with Crippen molar-refractivity contribution in [3.8, 4) is 0 Å². The summed E-state index contributed by atoms with van der Waals surface area (Å²) in [6.07, 6.45) is 7.93. The molecule has 0 aliphatic heterocycles. The van der Waals surface area contributed by atoms with Crippen LogP contribution in [0.2, 0.25) is 0 Å². The molecule has 6 nitrogen and oxygen atoms in total. The van der Waals surface area contributed by atoms with Crippen LogP contribution in [0, 0.1) is 0 Å². The average Bonchev–Trinajstić information content (AvgIpc) is 3.29. The van der Waals surface area contributed by atoms with E-state index in [2.05, 4.69) is 27.9 Å². The number of carbonyl (C=O) groups is 1. The SMILES string of the molecule is COCCNCc1ccc2nc3sc(C(=O)N(C)C4CCCCC4)cn3c2c1. The Morgan fingerprint density at radius 3 is 2.96 bits per heavy atom. The Balaban J connectivity index is 1.55. The van der Waals surface area contributed by atoms with Crippen molar-refractivity contribution in [2.45, 2.75) is 44.7 Å². The largest absolute Gasteiger partial charge is 0.383 e. The van der Waals surface area contributed by atoms with Gasteiger partial charge in [-0.05, 0) is 30.5 Å². The highest BCUT2D eigenvalue weighted by atomic mass is 32.1. The van der Waals surface area contributed by atoms with E-state index in [-0.39, 0.29) is 5.91 Å². The molecule has 2 aromatic heterocycles. The van der Waals surface area contributed by atoms with Gasteiger partial charge < -0.3 is 15.0 Å². The van der Waals surface area contributed by atoms with Gasteiger partial charge in [-0.3, -0.25) is 9.20 Å². The molecular formula is C21H28N4O2S. The van der Waals surface area contributed by atoms with Crippen molar-refractivity contribution < 1.29 is 9.53 Å². The molecule has 1 aliphatic carbocycles. The molecule has 0 saturated heterocycles. The third kappa shape index (κ3) is 3.92. The third-order valence-corrected chi connectivity index (χ3v) is 6.61. The van der Waals surface area contributed by atoms with Gasteiger partial charge in [0.25, 0.3) is 5.91 Å². The molecule has 150 valence electrons. The van der Waals surface area contributed by atoms with Crippen LogP contribution in [-0.4, -0.2) is 53.5 Å². The van der Waals surface area contributed by atoms with E-state index in [9.17, 15) is 4.79 Å². The maximum Gasteiger partial charge on any atom is 0.265 e. The second-order valence-electron chi connectivity index (χ2n) is 7.56. The van der Waals surface area contributed by atoms with Crippen molar-refractivity contribution in [2.75, 3.05) is 27.3 Å². The molecule has 0 spiro atoms. The lowest BCUT2D eigenvalue weighted by Gasteiger charge is -2.30. The quantitative estimate of drug-likeness (QED) is 0.615. The summed E-state index contributed by atoms with van der Waals surface area (Å²) in [5.41, 5.74) is 3.21. The summed E-state index contributed by atoms with van der Waals surface area (Å²) < 4.78 is 7.13. The zero-order chi connectivity index (χ0) is 19.5. The van der Waals surface area contributed by atoms with Gasteiger partial charge in [-0.2, -0.15) is 0 Å². The minimum atomic E-state index is 0.118. The molecule has 4 rings (SSSR count). The predicted octanol–water partition coefficient (Wildman–Crippen LogP) is 3.69. The van der Waals surface area contributed by atoms with Gasteiger partial charge in [-0.1, -0.05) is 36.7 Å². The molecule has 1 aromatic carbocycles. The Bertz CT molecular complexity index is 958. The molecule has 1 saturated carbocycles. The number of carbonyl (C=O) groups excluding carboxylic acids is 1. The molecule has 1 amide bonds. The summed E-state index contributed by atoms with van der Waals surface area (Å²) in [6, 6.07) is 6.68. The van der Waals surface area contributed by atoms with Crippen LogP contribution in [-0.2, 0) is 11.3 Å². The molecule has 0 atom stereocenters. The van der Waals surface area contributed by atoms with Gasteiger partial charge in [-0.25, -0.2) is 4.98 Å². The normalized spacial score (nSPS) is 15.5. The van der Waals surface area contributed by atoms with Crippen LogP contribution in [0.15, 0.2) is 24.4 Å². The second kappa shape index (κ2) is 8.59. The summed E-state index contributed by atoms with van der Waals surface area (Å²) in [5, 5.41) is 3.37. The molecule has 0 bridgehead atoms. The standard InChI is InChI=1S/C21H28N4O2S/c1-24(16-6-4-3-5-7-16)20(26)19-14-25-18-12-15(13-22-10-11-27-2)8-9-17(18)23-21(25)28-19/h8-9,12,14,16,22H,3-7,10-11,13H2,1-2H3. The molecule has 7 heteroatoms. The van der Waals surface area contributed by atoms with E-state index in [0.29, 0.717) is 12.6 Å². The molecule has 28 heavy (non-hydrogen) atoms. The average molecular weight is 401 g/mol. The number of hydrogen-bond acceptors (Lipinski definition) is 5. The van der Waals surface area contributed by atoms with Crippen molar-refractivity contribution in [1.82, 2.24) is 19.6 Å². The van der Waals surface area contributed by atoms with Crippen molar-refractivity contribution in [3.05, 3.63) is 34.8 Å². The van der Waals surface area contributed by atoms with E-state index in [1.807, 2.05) is 18.1 Å². The monoisotopic (exact) mass is 400 g/mol. The lowest BCUT2D eigenvalue weighted by Crippen LogP contribution is -2.37. The number of rotatable bonds is 7. The first-order valence-corrected chi connectivity index (χ1v) is 10.9. The number of nitrogens with zero attached hydrogens (tertiary/aromatic N) is 3. The Morgan fingerprint density at radius 1 is 1.36 bits per heavy atom. The maximum atomic E-state index is 13.0. The first-order chi connectivity index (χ1) is 13.7. The van der Waals surface area contributed by atoms with E-state index >= 15 is 0 Å². The van der Waals surface area contributed by atoms with Crippen LogP contribution in [0.4, 0.5) is 0 Å². The smallest absolute Gasteiger partial charge is 0.265 e. The predicted molar refractivity (Wildman–Crippen MR) is 113 cm³/mol. The summed E-state index contributed by atoms with van der Waals surface area (Å²) in [5.74, 6) is 0.118. The van der Waals surface area contributed by atoms with Gasteiger partial charge in [0.05, 0.1) is 17.6 Å². The van der Waals surface area contributed by atoms with E-state index in [1.165, 1.54) is 36.2 Å². The van der Waals surface area contributed by atoms with Crippen molar-refractivity contribution in [1.29, 1.82) is 0 Å². The van der Waals surface area contributed by atoms with Crippen LogP contribution >= 0.6 is 11.3 Å². The van der Waals surface area contributed by atoms with Crippen LogP contribution < -0.4 is 5.32 Å². The summed E-state index contributed by atoms with van der Waals surface area (Å²) in [4.78, 5) is 21.3. The van der Waals surface area contributed by atoms with E-state index < -0.39 is 0 Å². The molecule has 2 heterocycles. The number of amides is 1. The number of thiazole rings is 1. The molecule has 1 N–H and O–H groups in total. The Morgan fingerprint density at radius 2 is 2.18 bits per heavy atom.